The highest BCUT2D eigenvalue weighted by atomic mass is 16.5. The van der Waals surface area contributed by atoms with Crippen LogP contribution in [0.15, 0.2) is 0 Å². The van der Waals surface area contributed by atoms with Crippen LogP contribution in [-0.4, -0.2) is 23.3 Å². The van der Waals surface area contributed by atoms with E-state index < -0.39 is 0 Å². The fraction of sp³-hybridized carbons (Fsp3) is 0.929. The maximum atomic E-state index is 11.8. The van der Waals surface area contributed by atoms with Crippen LogP contribution in [0.25, 0.3) is 0 Å². The predicted molar refractivity (Wildman–Crippen MR) is 67.6 cm³/mol. The Balaban J connectivity index is 2.67. The number of aliphatic hydroxyl groups is 1. The number of ether oxygens (including phenoxy) is 1. The molecule has 3 heteroatoms. The minimum atomic E-state index is -0.324. The van der Waals surface area contributed by atoms with Gasteiger partial charge in [0.15, 0.2) is 0 Å². The zero-order valence-corrected chi connectivity index (χ0v) is 11.3. The zero-order chi connectivity index (χ0) is 12.8. The highest BCUT2D eigenvalue weighted by Crippen LogP contribution is 2.27. The molecule has 0 aromatic heterocycles. The van der Waals surface area contributed by atoms with E-state index in [1.54, 1.807) is 0 Å². The van der Waals surface area contributed by atoms with Gasteiger partial charge in [-0.1, -0.05) is 33.1 Å². The van der Waals surface area contributed by atoms with E-state index in [4.69, 9.17) is 4.74 Å². The second-order valence-corrected chi connectivity index (χ2v) is 5.35. The summed E-state index contributed by atoms with van der Waals surface area (Å²) in [6, 6.07) is 0. The Morgan fingerprint density at radius 1 is 1.35 bits per heavy atom. The molecule has 0 bridgehead atoms. The standard InChI is InChI=1S/C14H26O3/c1-4-5-8-12-11(3)17-14(16)10(2)7-6-9-13(12)15/h10-13,15H,4-9H2,1-3H3/t10-,11-,12-,13-/m0/s1. The van der Waals surface area contributed by atoms with E-state index in [0.717, 1.165) is 38.5 Å². The molecule has 1 rings (SSSR count). The smallest absolute Gasteiger partial charge is 0.308 e. The summed E-state index contributed by atoms with van der Waals surface area (Å²) in [5.74, 6) is -0.0353. The fourth-order valence-electron chi connectivity index (χ4n) is 2.53. The van der Waals surface area contributed by atoms with E-state index in [0.29, 0.717) is 0 Å². The molecule has 1 aliphatic heterocycles. The number of cyclic esters (lactones) is 1. The topological polar surface area (TPSA) is 46.5 Å². The lowest BCUT2D eigenvalue weighted by molar-refractivity contribution is -0.156. The molecule has 0 spiro atoms. The first-order valence-electron chi connectivity index (χ1n) is 6.94. The van der Waals surface area contributed by atoms with E-state index in [9.17, 15) is 9.90 Å². The van der Waals surface area contributed by atoms with Crippen LogP contribution in [0.5, 0.6) is 0 Å². The van der Waals surface area contributed by atoms with Crippen molar-refractivity contribution >= 4 is 5.97 Å². The first-order chi connectivity index (χ1) is 8.06. The summed E-state index contributed by atoms with van der Waals surface area (Å²) < 4.78 is 5.46. The van der Waals surface area contributed by atoms with Crippen molar-refractivity contribution < 1.29 is 14.6 Å². The first-order valence-corrected chi connectivity index (χ1v) is 6.94. The van der Waals surface area contributed by atoms with Gasteiger partial charge < -0.3 is 9.84 Å². The number of rotatable bonds is 3. The molecule has 1 aliphatic rings. The van der Waals surface area contributed by atoms with E-state index >= 15 is 0 Å². The number of esters is 1. The summed E-state index contributed by atoms with van der Waals surface area (Å²) in [5, 5.41) is 10.2. The van der Waals surface area contributed by atoms with Crippen LogP contribution in [-0.2, 0) is 9.53 Å². The van der Waals surface area contributed by atoms with Crippen LogP contribution >= 0.6 is 0 Å². The van der Waals surface area contributed by atoms with Crippen LogP contribution < -0.4 is 0 Å². The van der Waals surface area contributed by atoms with E-state index in [1.165, 1.54) is 0 Å². The largest absolute Gasteiger partial charge is 0.462 e. The molecule has 0 saturated carbocycles. The molecule has 1 fully saturated rings. The van der Waals surface area contributed by atoms with Crippen molar-refractivity contribution in [1.29, 1.82) is 0 Å². The minimum absolute atomic E-state index is 0.0328. The third kappa shape index (κ3) is 4.30. The molecule has 0 amide bonds. The Hall–Kier alpha value is -0.570. The molecule has 1 saturated heterocycles. The molecule has 0 aromatic rings. The second-order valence-electron chi connectivity index (χ2n) is 5.35. The monoisotopic (exact) mass is 242 g/mol. The molecule has 3 nitrogen and oxygen atoms in total. The second kappa shape index (κ2) is 7.00. The molecule has 0 aliphatic carbocycles. The summed E-state index contributed by atoms with van der Waals surface area (Å²) in [6.07, 6.45) is 5.18. The van der Waals surface area contributed by atoms with Gasteiger partial charge in [-0.2, -0.15) is 0 Å². The fourth-order valence-corrected chi connectivity index (χ4v) is 2.53. The molecule has 17 heavy (non-hydrogen) atoms. The number of hydrogen-bond acceptors (Lipinski definition) is 3. The number of carbonyl (C=O) groups is 1. The number of carbonyl (C=O) groups excluding carboxylic acids is 1. The lowest BCUT2D eigenvalue weighted by Gasteiger charge is -2.27. The Kier molecular flexibility index (Phi) is 5.96. The Morgan fingerprint density at radius 3 is 2.71 bits per heavy atom. The van der Waals surface area contributed by atoms with Gasteiger partial charge in [-0.3, -0.25) is 4.79 Å². The third-order valence-corrected chi connectivity index (χ3v) is 3.83. The van der Waals surface area contributed by atoms with E-state index in [2.05, 4.69) is 6.92 Å². The van der Waals surface area contributed by atoms with Gasteiger partial charge in [-0.25, -0.2) is 0 Å². The van der Waals surface area contributed by atoms with Crippen LogP contribution in [0.1, 0.15) is 59.3 Å². The molecule has 0 radical (unpaired) electrons. The summed E-state index contributed by atoms with van der Waals surface area (Å²) in [4.78, 5) is 11.8. The summed E-state index contributed by atoms with van der Waals surface area (Å²) in [7, 11) is 0. The summed E-state index contributed by atoms with van der Waals surface area (Å²) in [5.41, 5.74) is 0. The van der Waals surface area contributed by atoms with Gasteiger partial charge in [0.2, 0.25) is 0 Å². The predicted octanol–water partition coefficient (Wildman–Crippen LogP) is 2.91. The van der Waals surface area contributed by atoms with Gasteiger partial charge in [-0.15, -0.1) is 0 Å². The Bertz CT molecular complexity index is 240. The lowest BCUT2D eigenvalue weighted by atomic mass is 9.88. The summed E-state index contributed by atoms with van der Waals surface area (Å²) in [6.45, 7) is 5.97. The van der Waals surface area contributed by atoms with Gasteiger partial charge in [0.1, 0.15) is 6.10 Å². The molecule has 4 atom stereocenters. The van der Waals surface area contributed by atoms with Crippen molar-refractivity contribution in [3.63, 3.8) is 0 Å². The SMILES string of the molecule is CCCC[C@H]1[C@H](C)OC(=O)[C@@H](C)CCC[C@@H]1O. The summed E-state index contributed by atoms with van der Waals surface area (Å²) >= 11 is 0. The van der Waals surface area contributed by atoms with Crippen molar-refractivity contribution in [2.45, 2.75) is 71.5 Å². The quantitative estimate of drug-likeness (QED) is 0.774. The Morgan fingerprint density at radius 2 is 2.06 bits per heavy atom. The zero-order valence-electron chi connectivity index (χ0n) is 11.3. The van der Waals surface area contributed by atoms with Gasteiger partial charge >= 0.3 is 5.97 Å². The van der Waals surface area contributed by atoms with Crippen LogP contribution in [0.3, 0.4) is 0 Å². The molecule has 0 unspecified atom stereocenters. The molecule has 100 valence electrons. The van der Waals surface area contributed by atoms with Gasteiger partial charge in [0.05, 0.1) is 12.0 Å². The normalized spacial score (nSPS) is 35.6. The maximum absolute atomic E-state index is 11.8. The van der Waals surface area contributed by atoms with Crippen molar-refractivity contribution in [2.75, 3.05) is 0 Å². The number of hydrogen-bond donors (Lipinski definition) is 1. The van der Waals surface area contributed by atoms with Crippen molar-refractivity contribution in [3.05, 3.63) is 0 Å². The first kappa shape index (κ1) is 14.5. The highest BCUT2D eigenvalue weighted by molar-refractivity contribution is 5.72. The average Bonchev–Trinajstić information content (AvgIpc) is 2.31. The van der Waals surface area contributed by atoms with Crippen molar-refractivity contribution in [3.8, 4) is 0 Å². The maximum Gasteiger partial charge on any atom is 0.308 e. The van der Waals surface area contributed by atoms with E-state index in [-0.39, 0.29) is 30.0 Å². The van der Waals surface area contributed by atoms with Crippen LogP contribution in [0.4, 0.5) is 0 Å². The molecular weight excluding hydrogens is 216 g/mol. The Labute approximate surface area is 105 Å². The highest BCUT2D eigenvalue weighted by Gasteiger charge is 2.30. The molecular formula is C14H26O3. The molecule has 1 heterocycles. The molecule has 1 N–H and O–H groups in total. The van der Waals surface area contributed by atoms with Gasteiger partial charge in [0.25, 0.3) is 0 Å². The third-order valence-electron chi connectivity index (χ3n) is 3.83. The van der Waals surface area contributed by atoms with Crippen molar-refractivity contribution in [2.24, 2.45) is 11.8 Å². The van der Waals surface area contributed by atoms with Crippen molar-refractivity contribution in [1.82, 2.24) is 0 Å². The number of aliphatic hydroxyl groups excluding tert-OH is 1. The van der Waals surface area contributed by atoms with Crippen LogP contribution in [0, 0.1) is 11.8 Å². The van der Waals surface area contributed by atoms with Gasteiger partial charge in [0, 0.05) is 5.92 Å². The lowest BCUT2D eigenvalue weighted by Crippen LogP contribution is -2.33. The minimum Gasteiger partial charge on any atom is -0.462 e. The average molecular weight is 242 g/mol. The van der Waals surface area contributed by atoms with Crippen LogP contribution in [0.2, 0.25) is 0 Å². The molecule has 0 aromatic carbocycles. The van der Waals surface area contributed by atoms with E-state index in [1.807, 2.05) is 13.8 Å². The van der Waals surface area contributed by atoms with Gasteiger partial charge in [-0.05, 0) is 26.2 Å². The number of unbranched alkanes of at least 4 members (excludes halogenated alkanes) is 1.